The summed E-state index contributed by atoms with van der Waals surface area (Å²) in [5.41, 5.74) is 3.01. The minimum absolute atomic E-state index is 0.253. The molecule has 2 aromatic heterocycles. The average molecular weight is 362 g/mol. The van der Waals surface area contributed by atoms with Crippen LogP contribution in [0.25, 0.3) is 21.2 Å². The predicted molar refractivity (Wildman–Crippen MR) is 105 cm³/mol. The first kappa shape index (κ1) is 16.5. The molecule has 2 heterocycles. The molecule has 0 bridgehead atoms. The van der Waals surface area contributed by atoms with Crippen LogP contribution in [0.1, 0.15) is 23.0 Å². The van der Waals surface area contributed by atoms with E-state index in [0.29, 0.717) is 16.9 Å². The highest BCUT2D eigenvalue weighted by Crippen LogP contribution is 2.21. The number of rotatable bonds is 4. The molecule has 1 amide bonds. The molecule has 0 spiro atoms. The lowest BCUT2D eigenvalue weighted by atomic mass is 10.2. The summed E-state index contributed by atoms with van der Waals surface area (Å²) in [5.74, 6) is -0.121. The molecule has 0 radical (unpaired) electrons. The number of aryl methyl sites for hydroxylation is 1. The Morgan fingerprint density at radius 2 is 2.12 bits per heavy atom. The Bertz CT molecular complexity index is 1160. The Balaban J connectivity index is 1.84. The number of para-hydroxylation sites is 1. The van der Waals surface area contributed by atoms with Gasteiger partial charge < -0.3 is 8.98 Å². The monoisotopic (exact) mass is 362 g/mol. The predicted octanol–water partition coefficient (Wildman–Crippen LogP) is 4.94. The van der Waals surface area contributed by atoms with Crippen molar-refractivity contribution in [3.63, 3.8) is 0 Å². The molecule has 0 N–H and O–H groups in total. The van der Waals surface area contributed by atoms with E-state index in [4.69, 9.17) is 4.42 Å². The number of allylic oxidation sites excluding steroid dienone is 1. The standard InChI is InChI=1S/C21H18N2O2S/c1-3-11-23-16-10-9-14(4-2)12-19(16)26-21(23)22-20(24)18-13-15-7-5-6-8-17(15)25-18/h3,5-10,12-13H,1,4,11H2,2H3. The summed E-state index contributed by atoms with van der Waals surface area (Å²) < 4.78 is 8.76. The first-order valence-corrected chi connectivity index (χ1v) is 9.32. The molecule has 130 valence electrons. The van der Waals surface area contributed by atoms with Gasteiger partial charge in [0.2, 0.25) is 0 Å². The third kappa shape index (κ3) is 2.91. The quantitative estimate of drug-likeness (QED) is 0.483. The fraction of sp³-hybridized carbons (Fsp3) is 0.143. The number of carbonyl (C=O) groups is 1. The molecule has 2 aromatic carbocycles. The lowest BCUT2D eigenvalue weighted by Gasteiger charge is -2.01. The molecule has 26 heavy (non-hydrogen) atoms. The van der Waals surface area contributed by atoms with Gasteiger partial charge in [-0.15, -0.1) is 6.58 Å². The molecule has 4 nitrogen and oxygen atoms in total. The normalized spacial score (nSPS) is 12.1. The van der Waals surface area contributed by atoms with Crippen LogP contribution in [-0.2, 0) is 13.0 Å². The van der Waals surface area contributed by atoms with Crippen LogP contribution >= 0.6 is 11.3 Å². The Kier molecular flexibility index (Phi) is 4.31. The Labute approximate surface area is 154 Å². The van der Waals surface area contributed by atoms with Crippen LogP contribution in [0, 0.1) is 0 Å². The molecule has 5 heteroatoms. The molecular weight excluding hydrogens is 344 g/mol. The van der Waals surface area contributed by atoms with Crippen LogP contribution in [0.15, 0.2) is 70.6 Å². The Hall–Kier alpha value is -2.92. The van der Waals surface area contributed by atoms with Crippen molar-refractivity contribution in [1.82, 2.24) is 4.57 Å². The van der Waals surface area contributed by atoms with Gasteiger partial charge in [-0.25, -0.2) is 0 Å². The second kappa shape index (κ2) is 6.77. The van der Waals surface area contributed by atoms with E-state index in [2.05, 4.69) is 36.7 Å². The van der Waals surface area contributed by atoms with Crippen LogP contribution in [0.3, 0.4) is 0 Å². The van der Waals surface area contributed by atoms with E-state index >= 15 is 0 Å². The maximum absolute atomic E-state index is 12.6. The van der Waals surface area contributed by atoms with E-state index in [1.807, 2.05) is 34.9 Å². The second-order valence-electron chi connectivity index (χ2n) is 6.00. The third-order valence-corrected chi connectivity index (χ3v) is 5.34. The molecular formula is C21H18N2O2S. The fourth-order valence-electron chi connectivity index (χ4n) is 2.96. The van der Waals surface area contributed by atoms with Crippen LogP contribution < -0.4 is 4.80 Å². The summed E-state index contributed by atoms with van der Waals surface area (Å²) in [6, 6.07) is 15.6. The highest BCUT2D eigenvalue weighted by molar-refractivity contribution is 7.16. The van der Waals surface area contributed by atoms with Gasteiger partial charge in [0, 0.05) is 11.9 Å². The van der Waals surface area contributed by atoms with Gasteiger partial charge in [-0.3, -0.25) is 4.79 Å². The average Bonchev–Trinajstić information content (AvgIpc) is 3.23. The number of amides is 1. The van der Waals surface area contributed by atoms with E-state index in [1.54, 1.807) is 6.07 Å². The van der Waals surface area contributed by atoms with Gasteiger partial charge in [0.15, 0.2) is 10.6 Å². The van der Waals surface area contributed by atoms with Crippen molar-refractivity contribution in [2.24, 2.45) is 4.99 Å². The van der Waals surface area contributed by atoms with Crippen LogP contribution in [0.2, 0.25) is 0 Å². The number of thiazole rings is 1. The lowest BCUT2D eigenvalue weighted by Crippen LogP contribution is -2.16. The van der Waals surface area contributed by atoms with Crippen molar-refractivity contribution in [1.29, 1.82) is 0 Å². The van der Waals surface area contributed by atoms with E-state index < -0.39 is 0 Å². The maximum Gasteiger partial charge on any atom is 0.315 e. The number of nitrogens with zero attached hydrogens (tertiary/aromatic N) is 2. The molecule has 0 fully saturated rings. The number of carbonyl (C=O) groups excluding carboxylic acids is 1. The largest absolute Gasteiger partial charge is 0.451 e. The summed E-state index contributed by atoms with van der Waals surface area (Å²) in [4.78, 5) is 17.6. The molecule has 0 aliphatic heterocycles. The van der Waals surface area contributed by atoms with Gasteiger partial charge >= 0.3 is 5.91 Å². The smallest absolute Gasteiger partial charge is 0.315 e. The molecule has 0 unspecified atom stereocenters. The summed E-state index contributed by atoms with van der Waals surface area (Å²) in [6.45, 7) is 6.54. The molecule has 0 saturated carbocycles. The summed E-state index contributed by atoms with van der Waals surface area (Å²) in [7, 11) is 0. The van der Waals surface area contributed by atoms with E-state index in [1.165, 1.54) is 16.9 Å². The van der Waals surface area contributed by atoms with Crippen LogP contribution in [0.4, 0.5) is 0 Å². The fourth-order valence-corrected chi connectivity index (χ4v) is 4.06. The van der Waals surface area contributed by atoms with Crippen molar-refractivity contribution in [3.05, 3.63) is 77.3 Å². The first-order valence-electron chi connectivity index (χ1n) is 8.50. The minimum atomic E-state index is -0.374. The number of hydrogen-bond acceptors (Lipinski definition) is 3. The summed E-state index contributed by atoms with van der Waals surface area (Å²) in [6.07, 6.45) is 2.78. The Morgan fingerprint density at radius 1 is 1.27 bits per heavy atom. The van der Waals surface area contributed by atoms with Crippen molar-refractivity contribution >= 4 is 38.4 Å². The van der Waals surface area contributed by atoms with Crippen molar-refractivity contribution in [3.8, 4) is 0 Å². The zero-order valence-corrected chi connectivity index (χ0v) is 15.3. The SMILES string of the molecule is C=CCn1c(=NC(=O)c2cc3ccccc3o2)sc2cc(CC)ccc21. The summed E-state index contributed by atoms with van der Waals surface area (Å²) >= 11 is 1.51. The Morgan fingerprint density at radius 3 is 2.88 bits per heavy atom. The van der Waals surface area contributed by atoms with Crippen LogP contribution in [0.5, 0.6) is 0 Å². The summed E-state index contributed by atoms with van der Waals surface area (Å²) in [5, 5.41) is 0.897. The van der Waals surface area contributed by atoms with E-state index in [-0.39, 0.29) is 11.7 Å². The van der Waals surface area contributed by atoms with Crippen molar-refractivity contribution < 1.29 is 9.21 Å². The molecule has 4 rings (SSSR count). The first-order chi connectivity index (χ1) is 12.7. The van der Waals surface area contributed by atoms with Gasteiger partial charge in [-0.1, -0.05) is 48.6 Å². The maximum atomic E-state index is 12.6. The van der Waals surface area contributed by atoms with Crippen LogP contribution in [-0.4, -0.2) is 10.5 Å². The molecule has 0 saturated heterocycles. The van der Waals surface area contributed by atoms with Gasteiger partial charge in [0.25, 0.3) is 0 Å². The number of benzene rings is 2. The minimum Gasteiger partial charge on any atom is -0.451 e. The highest BCUT2D eigenvalue weighted by atomic mass is 32.1. The van der Waals surface area contributed by atoms with E-state index in [0.717, 1.165) is 22.0 Å². The van der Waals surface area contributed by atoms with Gasteiger partial charge in [0.1, 0.15) is 5.58 Å². The number of furan rings is 1. The topological polar surface area (TPSA) is 47.5 Å². The molecule has 4 aromatic rings. The zero-order valence-electron chi connectivity index (χ0n) is 14.4. The van der Waals surface area contributed by atoms with E-state index in [9.17, 15) is 4.79 Å². The number of fused-ring (bicyclic) bond motifs is 2. The molecule has 0 aliphatic rings. The lowest BCUT2D eigenvalue weighted by molar-refractivity contribution is 0.0973. The molecule has 0 atom stereocenters. The van der Waals surface area contributed by atoms with Crippen molar-refractivity contribution in [2.45, 2.75) is 19.9 Å². The zero-order chi connectivity index (χ0) is 18.1. The van der Waals surface area contributed by atoms with Gasteiger partial charge in [0.05, 0.1) is 10.2 Å². The third-order valence-electron chi connectivity index (χ3n) is 4.30. The number of aromatic nitrogens is 1. The van der Waals surface area contributed by atoms with Crippen molar-refractivity contribution in [2.75, 3.05) is 0 Å². The highest BCUT2D eigenvalue weighted by Gasteiger charge is 2.13. The van der Waals surface area contributed by atoms with Gasteiger partial charge in [-0.05, 0) is 36.2 Å². The number of hydrogen-bond donors (Lipinski definition) is 0. The van der Waals surface area contributed by atoms with Gasteiger partial charge in [-0.2, -0.15) is 4.99 Å². The second-order valence-corrected chi connectivity index (χ2v) is 7.01. The molecule has 0 aliphatic carbocycles.